The van der Waals surface area contributed by atoms with Crippen molar-refractivity contribution in [2.24, 2.45) is 11.8 Å². The molecule has 0 spiro atoms. The van der Waals surface area contributed by atoms with Gasteiger partial charge in [0, 0.05) is 31.9 Å². The van der Waals surface area contributed by atoms with E-state index in [1.165, 1.54) is 43.1 Å². The second-order valence-corrected chi connectivity index (χ2v) is 14.6. The molecule has 0 radical (unpaired) electrons. The molecule has 314 valence electrons. The topological polar surface area (TPSA) is 221 Å². The average Bonchev–Trinajstić information content (AvgIpc) is 3.62. The molecule has 2 aliphatic heterocycles. The summed E-state index contributed by atoms with van der Waals surface area (Å²) in [5.74, 6) is -9.90. The van der Waals surface area contributed by atoms with Gasteiger partial charge in [0.15, 0.2) is 0 Å². The number of hydrogen-bond donors (Lipinski definition) is 6. The molecule has 2 aromatic rings. The highest BCUT2D eigenvalue weighted by atomic mass is 19.3. The summed E-state index contributed by atoms with van der Waals surface area (Å²) in [4.78, 5) is 85.6. The van der Waals surface area contributed by atoms with E-state index in [0.29, 0.717) is 0 Å². The summed E-state index contributed by atoms with van der Waals surface area (Å²) in [6.07, 6.45) is 1.53. The van der Waals surface area contributed by atoms with Crippen LogP contribution in [0.3, 0.4) is 0 Å². The van der Waals surface area contributed by atoms with Gasteiger partial charge in [-0.25, -0.2) is 4.98 Å². The number of nitrogens with one attached hydrogen (secondary N) is 5. The van der Waals surface area contributed by atoms with Crippen molar-refractivity contribution in [3.8, 4) is 0 Å². The van der Waals surface area contributed by atoms with Crippen molar-refractivity contribution in [2.75, 3.05) is 19.6 Å². The van der Waals surface area contributed by atoms with Crippen LogP contribution < -0.4 is 26.6 Å². The van der Waals surface area contributed by atoms with Crippen LogP contribution in [0.2, 0.25) is 0 Å². The summed E-state index contributed by atoms with van der Waals surface area (Å²) >= 11 is 0. The van der Waals surface area contributed by atoms with E-state index in [4.69, 9.17) is 4.74 Å². The monoisotopic (exact) mass is 802 g/mol. The van der Waals surface area contributed by atoms with E-state index in [0.717, 1.165) is 18.0 Å². The van der Waals surface area contributed by atoms with Crippen LogP contribution in [0, 0.1) is 11.8 Å². The van der Waals surface area contributed by atoms with Gasteiger partial charge in [0.05, 0.1) is 18.8 Å². The summed E-state index contributed by atoms with van der Waals surface area (Å²) in [5.41, 5.74) is 2.96. The molecule has 1 saturated heterocycles. The van der Waals surface area contributed by atoms with E-state index < -0.39 is 83.7 Å². The second-order valence-electron chi connectivity index (χ2n) is 14.6. The minimum Gasteiger partial charge on any atom is -0.463 e. The number of carbonyl (C=O) groups is 6. The van der Waals surface area contributed by atoms with Gasteiger partial charge in [-0.05, 0) is 49.3 Å². The Balaban J connectivity index is 0.000000743. The number of alkyl halides is 2. The Kier molecular flexibility index (Phi) is 17.9. The summed E-state index contributed by atoms with van der Waals surface area (Å²) in [6.45, 7) is 11.7. The normalized spacial score (nSPS) is 18.5. The Morgan fingerprint density at radius 2 is 1.70 bits per heavy atom. The maximum Gasteiger partial charge on any atom is 0.351 e. The number of aliphatic hydroxyl groups is 1. The molecule has 4 rings (SSSR count). The van der Waals surface area contributed by atoms with E-state index in [-0.39, 0.29) is 44.5 Å². The first-order chi connectivity index (χ1) is 27.1. The summed E-state index contributed by atoms with van der Waals surface area (Å²) in [7, 11) is 0. The highest BCUT2D eigenvalue weighted by Crippen LogP contribution is 2.27. The predicted octanol–water partition coefficient (Wildman–Crippen LogP) is 1.26. The van der Waals surface area contributed by atoms with Crippen molar-refractivity contribution in [2.45, 2.75) is 116 Å². The SMILES string of the molecule is CCC[C@H](NC(=O)[C@@H]1C[C@@H](OC=O)CN1C(=O)[C@@H](NC(=O)[C@@H](NC(=O)c1cnccn1)C(C)C)C(C)C)C(O)C(F)(F)C(=O)NCC.c1ccc2c(c1)CCNC2. The molecule has 6 atom stereocenters. The predicted molar refractivity (Wildman–Crippen MR) is 204 cm³/mol. The number of halogens is 2. The number of amides is 5. The third-order valence-electron chi connectivity index (χ3n) is 9.68. The van der Waals surface area contributed by atoms with Gasteiger partial charge in [0.2, 0.25) is 17.7 Å². The van der Waals surface area contributed by atoms with Crippen molar-refractivity contribution in [3.63, 3.8) is 0 Å². The zero-order valence-electron chi connectivity index (χ0n) is 33.3. The molecule has 5 amide bonds. The maximum atomic E-state index is 14.8. The van der Waals surface area contributed by atoms with Crippen LogP contribution in [0.1, 0.15) is 82.4 Å². The van der Waals surface area contributed by atoms with Crippen molar-refractivity contribution in [3.05, 3.63) is 59.7 Å². The molecule has 0 aliphatic carbocycles. The molecule has 16 nitrogen and oxygen atoms in total. The van der Waals surface area contributed by atoms with Crippen molar-refractivity contribution >= 4 is 36.0 Å². The van der Waals surface area contributed by atoms with Crippen molar-refractivity contribution in [1.29, 1.82) is 0 Å². The molecule has 1 fully saturated rings. The molecule has 6 N–H and O–H groups in total. The summed E-state index contributed by atoms with van der Waals surface area (Å²) in [5, 5.41) is 23.4. The van der Waals surface area contributed by atoms with Gasteiger partial charge in [-0.15, -0.1) is 0 Å². The highest BCUT2D eigenvalue weighted by Gasteiger charge is 2.51. The van der Waals surface area contributed by atoms with Crippen LogP contribution in [0.25, 0.3) is 0 Å². The van der Waals surface area contributed by atoms with Gasteiger partial charge in [0.1, 0.15) is 36.0 Å². The Bertz CT molecular complexity index is 1640. The second kappa shape index (κ2) is 22.0. The molecular formula is C39H56F2N8O8. The van der Waals surface area contributed by atoms with Crippen LogP contribution in [-0.4, -0.2) is 118 Å². The zero-order chi connectivity index (χ0) is 42.3. The first-order valence-electron chi connectivity index (χ1n) is 19.3. The first-order valence-corrected chi connectivity index (χ1v) is 19.3. The Morgan fingerprint density at radius 1 is 1.02 bits per heavy atom. The van der Waals surface area contributed by atoms with Gasteiger partial charge < -0.3 is 41.3 Å². The van der Waals surface area contributed by atoms with Crippen LogP contribution in [0.15, 0.2) is 42.9 Å². The van der Waals surface area contributed by atoms with Gasteiger partial charge in [-0.2, -0.15) is 8.78 Å². The number of fused-ring (bicyclic) bond motifs is 1. The molecular weight excluding hydrogens is 746 g/mol. The number of ether oxygens (including phenoxy) is 1. The fourth-order valence-electron chi connectivity index (χ4n) is 6.55. The average molecular weight is 803 g/mol. The molecule has 0 saturated carbocycles. The molecule has 57 heavy (non-hydrogen) atoms. The minimum atomic E-state index is -4.24. The fraction of sp³-hybridized carbons (Fsp3) is 0.590. The molecule has 0 bridgehead atoms. The Labute approximate surface area is 331 Å². The number of carbonyl (C=O) groups excluding carboxylic acids is 6. The number of likely N-dealkylation sites (tertiary alicyclic amines) is 1. The van der Waals surface area contributed by atoms with E-state index in [2.05, 4.69) is 55.5 Å². The quantitative estimate of drug-likeness (QED) is 0.125. The number of aliphatic hydroxyl groups excluding tert-OH is 1. The maximum absolute atomic E-state index is 14.8. The van der Waals surface area contributed by atoms with Gasteiger partial charge in [-0.3, -0.25) is 33.8 Å². The lowest BCUT2D eigenvalue weighted by atomic mass is 9.98. The summed E-state index contributed by atoms with van der Waals surface area (Å²) in [6, 6.07) is 3.41. The number of hydrogen-bond acceptors (Lipinski definition) is 11. The zero-order valence-corrected chi connectivity index (χ0v) is 33.3. The van der Waals surface area contributed by atoms with Gasteiger partial charge in [0.25, 0.3) is 18.3 Å². The molecule has 3 heterocycles. The molecule has 1 aromatic heterocycles. The van der Waals surface area contributed by atoms with E-state index in [9.17, 15) is 42.7 Å². The lowest BCUT2D eigenvalue weighted by Gasteiger charge is -2.33. The van der Waals surface area contributed by atoms with Crippen molar-refractivity contribution in [1.82, 2.24) is 41.5 Å². The van der Waals surface area contributed by atoms with Crippen LogP contribution in [0.5, 0.6) is 0 Å². The molecule has 18 heteroatoms. The number of benzene rings is 1. The van der Waals surface area contributed by atoms with Gasteiger partial charge in [-0.1, -0.05) is 65.3 Å². The van der Waals surface area contributed by atoms with E-state index >= 15 is 0 Å². The highest BCUT2D eigenvalue weighted by molar-refractivity contribution is 5.98. The third kappa shape index (κ3) is 12.7. The van der Waals surface area contributed by atoms with E-state index in [1.54, 1.807) is 34.6 Å². The standard InChI is InChI=1S/C30H45F2N7O8.C9H11N/c1-7-9-19(24(41)30(31,32)29(46)34-8-2)36-26(43)21-12-18(47-15-40)14-39(21)28(45)23(17(5)6)38-27(44)22(16(3)4)37-25(42)20-13-33-10-11-35-20;1-2-4-9-7-10-6-5-8(9)3-1/h10-11,13,15-19,21-24,41H,7-9,12,14H2,1-6H3,(H,34,46)(H,36,43)(H,37,42)(H,38,44);1-4,10H,5-7H2/t18-,19+,21+,22+,23+,24?;/m1./s1. The van der Waals surface area contributed by atoms with Crippen molar-refractivity contribution < 1.29 is 47.4 Å². The minimum absolute atomic E-state index is 0.0233. The van der Waals surface area contributed by atoms with Gasteiger partial charge >= 0.3 is 5.92 Å². The van der Waals surface area contributed by atoms with E-state index in [1.807, 2.05) is 5.32 Å². The Hall–Kier alpha value is -5.10. The molecule has 1 unspecified atom stereocenters. The number of rotatable bonds is 17. The number of aromatic nitrogens is 2. The van der Waals surface area contributed by atoms with Crippen LogP contribution in [-0.2, 0) is 41.7 Å². The Morgan fingerprint density at radius 3 is 2.28 bits per heavy atom. The summed E-state index contributed by atoms with van der Waals surface area (Å²) < 4.78 is 34.6. The first kappa shape index (κ1) is 46.3. The van der Waals surface area contributed by atoms with Crippen LogP contribution >= 0.6 is 0 Å². The smallest absolute Gasteiger partial charge is 0.351 e. The molecule has 1 aromatic carbocycles. The molecule has 2 aliphatic rings. The fourth-order valence-corrected chi connectivity index (χ4v) is 6.55. The van der Waals surface area contributed by atoms with Crippen LogP contribution in [0.4, 0.5) is 8.78 Å². The largest absolute Gasteiger partial charge is 0.463 e. The number of nitrogens with zero attached hydrogens (tertiary/aromatic N) is 3. The lowest BCUT2D eigenvalue weighted by molar-refractivity contribution is -0.168. The third-order valence-corrected chi connectivity index (χ3v) is 9.68. The lowest BCUT2D eigenvalue weighted by Crippen LogP contribution is -2.61.